The zero-order chi connectivity index (χ0) is 37.9. The molecule has 0 fully saturated rings. The molecule has 3 heterocycles. The Morgan fingerprint density at radius 3 is 1.19 bits per heavy atom. The second-order valence-corrected chi connectivity index (χ2v) is 14.9. The van der Waals surface area contributed by atoms with Crippen molar-refractivity contribution in [1.82, 2.24) is 14.1 Å². The Morgan fingerprint density at radius 2 is 0.702 bits per heavy atom. The smallest absolute Gasteiger partial charge is 0.0715 e. The Morgan fingerprint density at radius 1 is 0.298 bits per heavy atom. The van der Waals surface area contributed by atoms with Crippen molar-refractivity contribution in [2.75, 3.05) is 0 Å². The molecule has 11 aromatic rings. The van der Waals surface area contributed by atoms with Gasteiger partial charge >= 0.3 is 0 Å². The molecule has 0 aliphatic rings. The molecule has 268 valence electrons. The third-order valence-corrected chi connectivity index (χ3v) is 11.4. The normalized spacial score (nSPS) is 11.6. The Bertz CT molecular complexity index is 3200. The van der Waals surface area contributed by atoms with Crippen molar-refractivity contribution in [3.8, 4) is 56.1 Å². The zero-order valence-electron chi connectivity index (χ0n) is 31.5. The summed E-state index contributed by atoms with van der Waals surface area (Å²) in [7, 11) is 0. The van der Waals surface area contributed by atoms with E-state index < -0.39 is 0 Å². The van der Waals surface area contributed by atoms with Crippen LogP contribution in [-0.4, -0.2) is 14.1 Å². The second kappa shape index (κ2) is 13.4. The van der Waals surface area contributed by atoms with Crippen molar-refractivity contribution < 1.29 is 0 Å². The lowest BCUT2D eigenvalue weighted by atomic mass is 9.99. The molecule has 0 bridgehead atoms. The summed E-state index contributed by atoms with van der Waals surface area (Å²) in [4.78, 5) is 5.10. The van der Waals surface area contributed by atoms with E-state index in [2.05, 4.69) is 210 Å². The molecule has 0 saturated carbocycles. The average Bonchev–Trinajstić information content (AvgIpc) is 3.79. The number of aromatic nitrogens is 3. The lowest BCUT2D eigenvalue weighted by Gasteiger charge is -2.13. The van der Waals surface area contributed by atoms with Crippen molar-refractivity contribution >= 4 is 43.6 Å². The van der Waals surface area contributed by atoms with E-state index in [9.17, 15) is 0 Å². The minimum atomic E-state index is 0.961. The van der Waals surface area contributed by atoms with Gasteiger partial charge in [-0.2, -0.15) is 0 Å². The molecule has 0 unspecified atom stereocenters. The Kier molecular flexibility index (Phi) is 7.71. The first-order valence-electron chi connectivity index (χ1n) is 19.5. The van der Waals surface area contributed by atoms with Gasteiger partial charge in [0, 0.05) is 44.0 Å². The topological polar surface area (TPSA) is 22.8 Å². The van der Waals surface area contributed by atoms with Gasteiger partial charge < -0.3 is 9.13 Å². The van der Waals surface area contributed by atoms with E-state index >= 15 is 0 Å². The third kappa shape index (κ3) is 5.63. The van der Waals surface area contributed by atoms with Crippen LogP contribution in [-0.2, 0) is 0 Å². The van der Waals surface area contributed by atoms with E-state index in [1.54, 1.807) is 0 Å². The number of benzene rings is 8. The number of rotatable bonds is 6. The Balaban J connectivity index is 1.04. The summed E-state index contributed by atoms with van der Waals surface area (Å²) in [5.74, 6) is 0. The van der Waals surface area contributed by atoms with Crippen LogP contribution >= 0.6 is 0 Å². The molecule has 8 aromatic carbocycles. The second-order valence-electron chi connectivity index (χ2n) is 14.9. The number of para-hydroxylation sites is 2. The van der Waals surface area contributed by atoms with Crippen LogP contribution in [0.1, 0.15) is 5.56 Å². The highest BCUT2D eigenvalue weighted by atomic mass is 15.0. The average molecular weight is 728 g/mol. The Hall–Kier alpha value is -7.49. The van der Waals surface area contributed by atoms with Crippen LogP contribution in [0.25, 0.3) is 99.8 Å². The van der Waals surface area contributed by atoms with Crippen LogP contribution in [0.5, 0.6) is 0 Å². The fourth-order valence-corrected chi connectivity index (χ4v) is 8.56. The Labute approximate surface area is 331 Å². The van der Waals surface area contributed by atoms with Crippen LogP contribution < -0.4 is 0 Å². The van der Waals surface area contributed by atoms with Crippen molar-refractivity contribution in [1.29, 1.82) is 0 Å². The fourth-order valence-electron chi connectivity index (χ4n) is 8.56. The molecular formula is C54H37N3. The predicted molar refractivity (Wildman–Crippen MR) is 239 cm³/mol. The number of nitrogens with zero attached hydrogens (tertiary/aromatic N) is 3. The van der Waals surface area contributed by atoms with Gasteiger partial charge in [-0.25, -0.2) is 4.98 Å². The van der Waals surface area contributed by atoms with Crippen molar-refractivity contribution in [2.45, 2.75) is 6.92 Å². The molecule has 0 saturated heterocycles. The molecule has 11 rings (SSSR count). The van der Waals surface area contributed by atoms with E-state index in [-0.39, 0.29) is 0 Å². The lowest BCUT2D eigenvalue weighted by Crippen LogP contribution is -1.95. The van der Waals surface area contributed by atoms with Gasteiger partial charge in [0.2, 0.25) is 0 Å². The monoisotopic (exact) mass is 727 g/mol. The van der Waals surface area contributed by atoms with Crippen LogP contribution in [0.2, 0.25) is 0 Å². The van der Waals surface area contributed by atoms with E-state index in [1.807, 2.05) is 12.1 Å². The summed E-state index contributed by atoms with van der Waals surface area (Å²) in [6.45, 7) is 2.14. The van der Waals surface area contributed by atoms with Gasteiger partial charge in [-0.1, -0.05) is 151 Å². The molecule has 0 aliphatic heterocycles. The summed E-state index contributed by atoms with van der Waals surface area (Å²) in [5.41, 5.74) is 17.1. The summed E-state index contributed by atoms with van der Waals surface area (Å²) >= 11 is 0. The van der Waals surface area contributed by atoms with Crippen LogP contribution in [0.15, 0.2) is 206 Å². The SMILES string of the molecule is Cc1ccc(-n2c3ccccc3c3ccc(-c4ccc5c6ccccc6n(-c6ccc(-c7cc(-c8ccccc8)nc(-c8ccccc8)c7)cc6)c5c4)cc32)cc1. The van der Waals surface area contributed by atoms with Crippen molar-refractivity contribution in [3.05, 3.63) is 212 Å². The van der Waals surface area contributed by atoms with Crippen molar-refractivity contribution in [2.24, 2.45) is 0 Å². The fraction of sp³-hybridized carbons (Fsp3) is 0.0185. The van der Waals surface area contributed by atoms with E-state index in [0.717, 1.165) is 39.3 Å². The molecule has 0 N–H and O–H groups in total. The van der Waals surface area contributed by atoms with E-state index in [1.165, 1.54) is 66.0 Å². The highest BCUT2D eigenvalue weighted by molar-refractivity contribution is 6.12. The molecule has 3 heteroatoms. The summed E-state index contributed by atoms with van der Waals surface area (Å²) < 4.78 is 4.82. The van der Waals surface area contributed by atoms with Gasteiger partial charge in [0.25, 0.3) is 0 Å². The molecule has 0 amide bonds. The number of hydrogen-bond donors (Lipinski definition) is 0. The molecule has 0 radical (unpaired) electrons. The maximum absolute atomic E-state index is 5.10. The zero-order valence-corrected chi connectivity index (χ0v) is 31.5. The third-order valence-electron chi connectivity index (χ3n) is 11.4. The van der Waals surface area contributed by atoms with Crippen LogP contribution in [0.4, 0.5) is 0 Å². The molecule has 0 atom stereocenters. The molecule has 0 aliphatic carbocycles. The highest BCUT2D eigenvalue weighted by Gasteiger charge is 2.17. The molecular weight excluding hydrogens is 691 g/mol. The largest absolute Gasteiger partial charge is 0.309 e. The quantitative estimate of drug-likeness (QED) is 0.167. The van der Waals surface area contributed by atoms with E-state index in [0.29, 0.717) is 0 Å². The van der Waals surface area contributed by atoms with Gasteiger partial charge in [0.1, 0.15) is 0 Å². The first kappa shape index (κ1) is 32.9. The van der Waals surface area contributed by atoms with Crippen LogP contribution in [0, 0.1) is 6.92 Å². The van der Waals surface area contributed by atoms with Crippen molar-refractivity contribution in [3.63, 3.8) is 0 Å². The van der Waals surface area contributed by atoms with Gasteiger partial charge in [-0.05, 0) is 89.8 Å². The summed E-state index contributed by atoms with van der Waals surface area (Å²) in [6.07, 6.45) is 0. The minimum Gasteiger partial charge on any atom is -0.309 e. The molecule has 3 aromatic heterocycles. The van der Waals surface area contributed by atoms with Crippen LogP contribution in [0.3, 0.4) is 0 Å². The predicted octanol–water partition coefficient (Wildman–Crippen LogP) is 14.3. The van der Waals surface area contributed by atoms with E-state index in [4.69, 9.17) is 4.98 Å². The first-order chi connectivity index (χ1) is 28.2. The van der Waals surface area contributed by atoms with Gasteiger partial charge in [-0.3, -0.25) is 0 Å². The molecule has 57 heavy (non-hydrogen) atoms. The first-order valence-corrected chi connectivity index (χ1v) is 19.5. The van der Waals surface area contributed by atoms with Gasteiger partial charge in [0.05, 0.1) is 33.5 Å². The lowest BCUT2D eigenvalue weighted by molar-refractivity contribution is 1.17. The maximum Gasteiger partial charge on any atom is 0.0715 e. The van der Waals surface area contributed by atoms with Gasteiger partial charge in [-0.15, -0.1) is 0 Å². The maximum atomic E-state index is 5.10. The van der Waals surface area contributed by atoms with Gasteiger partial charge in [0.15, 0.2) is 0 Å². The molecule has 0 spiro atoms. The highest BCUT2D eigenvalue weighted by Crippen LogP contribution is 2.39. The number of aryl methyl sites for hydroxylation is 1. The summed E-state index contributed by atoms with van der Waals surface area (Å²) in [6, 6.07) is 74.5. The number of hydrogen-bond acceptors (Lipinski definition) is 1. The number of fused-ring (bicyclic) bond motifs is 6. The minimum absolute atomic E-state index is 0.961. The standard InChI is InChI=1S/C54H37N3/c1-36-20-26-43(27-21-36)56-51-18-10-8-16-45(51)47-30-24-40(34-53(47)56)41-25-31-48-46-17-9-11-19-52(46)57(54(48)35-41)44-28-22-37(23-29-44)42-32-49(38-12-4-2-5-13-38)55-50(33-42)39-14-6-3-7-15-39/h2-35H,1H3. The summed E-state index contributed by atoms with van der Waals surface area (Å²) in [5, 5.41) is 5.00. The molecule has 3 nitrogen and oxygen atoms in total. The number of pyridine rings is 1.